The molecule has 2 amide bonds. The van der Waals surface area contributed by atoms with E-state index in [1.165, 1.54) is 0 Å². The zero-order valence-corrected chi connectivity index (χ0v) is 13.2. The van der Waals surface area contributed by atoms with Crippen LogP contribution in [-0.2, 0) is 9.59 Å². The Morgan fingerprint density at radius 1 is 1.26 bits per heavy atom. The van der Waals surface area contributed by atoms with Crippen LogP contribution in [0.3, 0.4) is 0 Å². The van der Waals surface area contributed by atoms with Crippen LogP contribution in [0.2, 0.25) is 0 Å². The minimum atomic E-state index is -0.615. The van der Waals surface area contributed by atoms with Gasteiger partial charge in [0.05, 0.1) is 18.3 Å². The molecule has 0 saturated carbocycles. The summed E-state index contributed by atoms with van der Waals surface area (Å²) in [5.74, 6) is -0.613. The molecule has 122 valence electrons. The molecular weight excluding hydrogens is 294 g/mol. The van der Waals surface area contributed by atoms with E-state index >= 15 is 0 Å². The SMILES string of the molecule is CC(C)[C@H](N)C(=O)NCC(=O)Nc1ccc(-n2cccn2)cc1. The highest BCUT2D eigenvalue weighted by atomic mass is 16.2. The van der Waals surface area contributed by atoms with Crippen LogP contribution in [0, 0.1) is 5.92 Å². The van der Waals surface area contributed by atoms with Crippen molar-refractivity contribution in [1.82, 2.24) is 15.1 Å². The van der Waals surface area contributed by atoms with Crippen molar-refractivity contribution in [3.63, 3.8) is 0 Å². The van der Waals surface area contributed by atoms with Crippen molar-refractivity contribution in [3.8, 4) is 5.69 Å². The Hall–Kier alpha value is -2.67. The van der Waals surface area contributed by atoms with E-state index in [0.29, 0.717) is 5.69 Å². The molecule has 0 bridgehead atoms. The standard InChI is InChI=1S/C16H21N5O2/c1-11(2)15(17)16(23)18-10-14(22)20-12-4-6-13(7-5-12)21-9-3-8-19-21/h3-9,11,15H,10,17H2,1-2H3,(H,18,23)(H,20,22)/t15-/m0/s1. The molecule has 0 radical (unpaired) electrons. The molecule has 0 aliphatic heterocycles. The molecule has 1 atom stereocenters. The second-order valence-electron chi connectivity index (χ2n) is 5.53. The lowest BCUT2D eigenvalue weighted by molar-refractivity contribution is -0.125. The fraction of sp³-hybridized carbons (Fsp3) is 0.312. The number of carbonyl (C=O) groups is 2. The number of aromatic nitrogens is 2. The molecule has 0 spiro atoms. The second-order valence-corrected chi connectivity index (χ2v) is 5.53. The van der Waals surface area contributed by atoms with Gasteiger partial charge in [-0.3, -0.25) is 9.59 Å². The first-order chi connectivity index (χ1) is 11.0. The third kappa shape index (κ3) is 4.65. The quantitative estimate of drug-likeness (QED) is 0.737. The lowest BCUT2D eigenvalue weighted by atomic mass is 10.1. The van der Waals surface area contributed by atoms with E-state index in [0.717, 1.165) is 5.69 Å². The summed E-state index contributed by atoms with van der Waals surface area (Å²) in [6, 6.07) is 8.45. The van der Waals surface area contributed by atoms with Gasteiger partial charge >= 0.3 is 0 Å². The molecule has 0 aliphatic rings. The normalized spacial score (nSPS) is 12.0. The Kier molecular flexibility index (Phi) is 5.48. The van der Waals surface area contributed by atoms with E-state index in [1.807, 2.05) is 38.2 Å². The van der Waals surface area contributed by atoms with E-state index < -0.39 is 6.04 Å². The number of amides is 2. The Morgan fingerprint density at radius 3 is 2.52 bits per heavy atom. The number of nitrogens with zero attached hydrogens (tertiary/aromatic N) is 2. The van der Waals surface area contributed by atoms with Crippen LogP contribution in [0.25, 0.3) is 5.69 Å². The average molecular weight is 315 g/mol. The number of nitrogens with two attached hydrogens (primary N) is 1. The molecule has 1 heterocycles. The van der Waals surface area contributed by atoms with Gasteiger partial charge in [-0.2, -0.15) is 5.10 Å². The first-order valence-electron chi connectivity index (χ1n) is 7.40. The number of anilines is 1. The number of hydrogen-bond acceptors (Lipinski definition) is 4. The molecule has 0 fully saturated rings. The molecule has 1 aromatic carbocycles. The Balaban J connectivity index is 1.85. The fourth-order valence-electron chi connectivity index (χ4n) is 1.91. The van der Waals surface area contributed by atoms with Gasteiger partial charge in [0.1, 0.15) is 0 Å². The maximum atomic E-state index is 11.8. The van der Waals surface area contributed by atoms with Gasteiger partial charge in [0.15, 0.2) is 0 Å². The van der Waals surface area contributed by atoms with Crippen molar-refractivity contribution >= 4 is 17.5 Å². The van der Waals surface area contributed by atoms with Crippen molar-refractivity contribution in [2.45, 2.75) is 19.9 Å². The van der Waals surface area contributed by atoms with Crippen molar-refractivity contribution in [2.24, 2.45) is 11.7 Å². The number of hydrogen-bond donors (Lipinski definition) is 3. The van der Waals surface area contributed by atoms with Crippen LogP contribution in [0.15, 0.2) is 42.7 Å². The van der Waals surface area contributed by atoms with Gasteiger partial charge in [0.2, 0.25) is 11.8 Å². The molecular formula is C16H21N5O2. The highest BCUT2D eigenvalue weighted by Gasteiger charge is 2.17. The van der Waals surface area contributed by atoms with Crippen LogP contribution in [0.5, 0.6) is 0 Å². The van der Waals surface area contributed by atoms with Crippen LogP contribution in [0.4, 0.5) is 5.69 Å². The van der Waals surface area contributed by atoms with Crippen LogP contribution >= 0.6 is 0 Å². The monoisotopic (exact) mass is 315 g/mol. The molecule has 1 aromatic heterocycles. The molecule has 0 unspecified atom stereocenters. The van der Waals surface area contributed by atoms with Gasteiger partial charge in [-0.15, -0.1) is 0 Å². The summed E-state index contributed by atoms with van der Waals surface area (Å²) in [5.41, 5.74) is 7.25. The van der Waals surface area contributed by atoms with Gasteiger partial charge in [0.25, 0.3) is 0 Å². The van der Waals surface area contributed by atoms with E-state index in [9.17, 15) is 9.59 Å². The second kappa shape index (κ2) is 7.55. The first-order valence-corrected chi connectivity index (χ1v) is 7.40. The van der Waals surface area contributed by atoms with Crippen molar-refractivity contribution in [2.75, 3.05) is 11.9 Å². The van der Waals surface area contributed by atoms with Gasteiger partial charge < -0.3 is 16.4 Å². The number of benzene rings is 1. The maximum Gasteiger partial charge on any atom is 0.243 e. The third-order valence-corrected chi connectivity index (χ3v) is 3.36. The largest absolute Gasteiger partial charge is 0.346 e. The smallest absolute Gasteiger partial charge is 0.243 e. The van der Waals surface area contributed by atoms with E-state index in [1.54, 1.807) is 23.0 Å². The van der Waals surface area contributed by atoms with Crippen LogP contribution in [-0.4, -0.2) is 34.2 Å². The molecule has 7 heteroatoms. The fourth-order valence-corrected chi connectivity index (χ4v) is 1.91. The summed E-state index contributed by atoms with van der Waals surface area (Å²) in [4.78, 5) is 23.5. The third-order valence-electron chi connectivity index (χ3n) is 3.36. The Labute approximate surface area is 134 Å². The van der Waals surface area contributed by atoms with Crippen LogP contribution in [0.1, 0.15) is 13.8 Å². The highest BCUT2D eigenvalue weighted by molar-refractivity contribution is 5.95. The zero-order valence-electron chi connectivity index (χ0n) is 13.2. The van der Waals surface area contributed by atoms with Crippen molar-refractivity contribution < 1.29 is 9.59 Å². The number of nitrogens with one attached hydrogen (secondary N) is 2. The summed E-state index contributed by atoms with van der Waals surface area (Å²) >= 11 is 0. The minimum Gasteiger partial charge on any atom is -0.346 e. The topological polar surface area (TPSA) is 102 Å². The summed E-state index contributed by atoms with van der Waals surface area (Å²) in [7, 11) is 0. The van der Waals surface area contributed by atoms with E-state index in [-0.39, 0.29) is 24.3 Å². The first kappa shape index (κ1) is 16.7. The van der Waals surface area contributed by atoms with E-state index in [4.69, 9.17) is 5.73 Å². The average Bonchev–Trinajstić information content (AvgIpc) is 3.07. The van der Waals surface area contributed by atoms with Crippen LogP contribution < -0.4 is 16.4 Å². The Morgan fingerprint density at radius 2 is 1.96 bits per heavy atom. The lowest BCUT2D eigenvalue weighted by Gasteiger charge is -2.15. The highest BCUT2D eigenvalue weighted by Crippen LogP contribution is 2.12. The molecule has 0 aliphatic carbocycles. The summed E-state index contributed by atoms with van der Waals surface area (Å²) < 4.78 is 1.72. The summed E-state index contributed by atoms with van der Waals surface area (Å²) in [6.07, 6.45) is 3.53. The predicted molar refractivity (Wildman–Crippen MR) is 88.0 cm³/mol. The molecule has 4 N–H and O–H groups in total. The number of carbonyl (C=O) groups excluding carboxylic acids is 2. The van der Waals surface area contributed by atoms with E-state index in [2.05, 4.69) is 15.7 Å². The Bertz CT molecular complexity index is 650. The van der Waals surface area contributed by atoms with Gasteiger partial charge in [0, 0.05) is 18.1 Å². The molecule has 2 aromatic rings. The van der Waals surface area contributed by atoms with Crippen molar-refractivity contribution in [1.29, 1.82) is 0 Å². The summed E-state index contributed by atoms with van der Waals surface area (Å²) in [6.45, 7) is 3.59. The minimum absolute atomic E-state index is 0.0212. The molecule has 23 heavy (non-hydrogen) atoms. The van der Waals surface area contributed by atoms with Crippen molar-refractivity contribution in [3.05, 3.63) is 42.7 Å². The van der Waals surface area contributed by atoms with Gasteiger partial charge in [-0.05, 0) is 36.2 Å². The number of rotatable bonds is 6. The predicted octanol–water partition coefficient (Wildman–Crippen LogP) is 0.910. The van der Waals surface area contributed by atoms with Gasteiger partial charge in [-0.1, -0.05) is 13.8 Å². The van der Waals surface area contributed by atoms with Gasteiger partial charge in [-0.25, -0.2) is 4.68 Å². The molecule has 0 saturated heterocycles. The summed E-state index contributed by atoms with van der Waals surface area (Å²) in [5, 5.41) is 9.37. The maximum absolute atomic E-state index is 11.8. The molecule has 7 nitrogen and oxygen atoms in total. The zero-order chi connectivity index (χ0) is 16.8. The lowest BCUT2D eigenvalue weighted by Crippen LogP contribution is -2.46. The molecule has 2 rings (SSSR count).